The highest BCUT2D eigenvalue weighted by Crippen LogP contribution is 2.35. The summed E-state index contributed by atoms with van der Waals surface area (Å²) in [6.45, 7) is 0.262. The van der Waals surface area contributed by atoms with E-state index in [0.717, 1.165) is 5.56 Å². The van der Waals surface area contributed by atoms with Gasteiger partial charge in [-0.2, -0.15) is 0 Å². The number of carbonyl (C=O) groups excluding carboxylic acids is 1. The van der Waals surface area contributed by atoms with E-state index < -0.39 is 26.0 Å². The van der Waals surface area contributed by atoms with Gasteiger partial charge in [-0.3, -0.25) is 13.8 Å². The highest BCUT2D eigenvalue weighted by atomic mass is 79.9. The number of rotatable bonds is 5. The Balaban J connectivity index is 1.32. The zero-order valence-corrected chi connectivity index (χ0v) is 25.0. The number of amidine groups is 1. The van der Waals surface area contributed by atoms with Crippen molar-refractivity contribution in [3.63, 3.8) is 0 Å². The van der Waals surface area contributed by atoms with Gasteiger partial charge in [0, 0.05) is 27.2 Å². The summed E-state index contributed by atoms with van der Waals surface area (Å²) in [5, 5.41) is 3.31. The summed E-state index contributed by atoms with van der Waals surface area (Å²) in [5.41, 5.74) is 2.36. The molecule has 0 unspecified atom stereocenters. The molecular weight excluding hydrogens is 652 g/mol. The molecule has 0 bridgehead atoms. The molecule has 2 aliphatic rings. The fourth-order valence-corrected chi connectivity index (χ4v) is 8.02. The summed E-state index contributed by atoms with van der Waals surface area (Å²) in [6.07, 6.45) is 0.528. The molecule has 0 radical (unpaired) electrons. The van der Waals surface area contributed by atoms with Gasteiger partial charge in [0.2, 0.25) is 0 Å². The van der Waals surface area contributed by atoms with Gasteiger partial charge in [-0.15, -0.1) is 0 Å². The lowest BCUT2D eigenvalue weighted by Gasteiger charge is -2.21. The Morgan fingerprint density at radius 3 is 2.63 bits per heavy atom. The van der Waals surface area contributed by atoms with Crippen LogP contribution in [0.3, 0.4) is 0 Å². The van der Waals surface area contributed by atoms with Gasteiger partial charge in [-0.1, -0.05) is 45.7 Å². The van der Waals surface area contributed by atoms with E-state index in [2.05, 4.69) is 31.0 Å². The molecule has 41 heavy (non-hydrogen) atoms. The van der Waals surface area contributed by atoms with Gasteiger partial charge in [0.1, 0.15) is 10.7 Å². The van der Waals surface area contributed by atoms with E-state index in [1.165, 1.54) is 34.6 Å². The number of carbonyl (C=O) groups is 1. The van der Waals surface area contributed by atoms with E-state index in [9.17, 15) is 21.6 Å². The van der Waals surface area contributed by atoms with Crippen LogP contribution in [0.15, 0.2) is 104 Å². The van der Waals surface area contributed by atoms with Crippen LogP contribution >= 0.6 is 27.5 Å². The van der Waals surface area contributed by atoms with Crippen molar-refractivity contribution in [2.24, 2.45) is 4.99 Å². The number of benzene rings is 4. The molecule has 0 saturated carbocycles. The first-order chi connectivity index (χ1) is 19.5. The van der Waals surface area contributed by atoms with Gasteiger partial charge in [0.15, 0.2) is 0 Å². The van der Waals surface area contributed by atoms with Crippen LogP contribution in [-0.4, -0.2) is 35.1 Å². The summed E-state index contributed by atoms with van der Waals surface area (Å²) in [6, 6.07) is 22.1. The molecule has 208 valence electrons. The molecule has 4 aromatic rings. The third kappa shape index (κ3) is 5.12. The van der Waals surface area contributed by atoms with Crippen LogP contribution in [0.4, 0.5) is 17.1 Å². The Kier molecular flexibility index (Phi) is 6.89. The minimum atomic E-state index is -3.96. The number of aliphatic imine (C=N–C) groups is 1. The Morgan fingerprint density at radius 2 is 1.80 bits per heavy atom. The largest absolute Gasteiger partial charge is 0.321 e. The number of sulfonamides is 2. The number of fused-ring (bicyclic) bond motifs is 2. The molecule has 2 N–H and O–H groups in total. The van der Waals surface area contributed by atoms with Crippen molar-refractivity contribution < 1.29 is 21.6 Å². The minimum Gasteiger partial charge on any atom is -0.321 e. The maximum Gasteiger partial charge on any atom is 0.265 e. The number of nitrogens with one attached hydrogen (secondary N) is 2. The lowest BCUT2D eigenvalue weighted by atomic mass is 10.1. The van der Waals surface area contributed by atoms with Gasteiger partial charge in [0.05, 0.1) is 22.0 Å². The number of hydrogen-bond acceptors (Lipinski definition) is 6. The minimum absolute atomic E-state index is 0.0319. The molecule has 0 saturated heterocycles. The van der Waals surface area contributed by atoms with E-state index >= 15 is 0 Å². The van der Waals surface area contributed by atoms with Crippen molar-refractivity contribution in [1.82, 2.24) is 4.72 Å². The van der Waals surface area contributed by atoms with Gasteiger partial charge in [-0.05, 0) is 78.7 Å². The SMILES string of the molecule is O=C(Nc1ccc(Br)cc1C1=Nc2ccccc2S(=O)(=O)N1)c1cccc(S(=O)(=O)N2CCc3cc(Cl)ccc32)c1. The van der Waals surface area contributed by atoms with E-state index in [-0.39, 0.29) is 39.1 Å². The first-order valence-electron chi connectivity index (χ1n) is 12.3. The molecule has 0 atom stereocenters. The van der Waals surface area contributed by atoms with Crippen LogP contribution < -0.4 is 14.3 Å². The molecule has 0 aliphatic carbocycles. The van der Waals surface area contributed by atoms with Crippen LogP contribution in [0.2, 0.25) is 5.02 Å². The van der Waals surface area contributed by atoms with Crippen LogP contribution in [0.1, 0.15) is 21.5 Å². The van der Waals surface area contributed by atoms with Crippen LogP contribution in [0, 0.1) is 0 Å². The second kappa shape index (κ2) is 10.3. The number of amides is 1. The second-order valence-corrected chi connectivity index (χ2v) is 14.2. The van der Waals surface area contributed by atoms with Gasteiger partial charge < -0.3 is 5.32 Å². The number of anilines is 2. The average molecular weight is 672 g/mol. The predicted octanol–water partition coefficient (Wildman–Crippen LogP) is 5.48. The average Bonchev–Trinajstić information content (AvgIpc) is 3.37. The third-order valence-electron chi connectivity index (χ3n) is 6.68. The normalized spacial score (nSPS) is 15.4. The molecule has 0 fully saturated rings. The number of hydrogen-bond donors (Lipinski definition) is 2. The second-order valence-electron chi connectivity index (χ2n) is 9.31. The Hall–Kier alpha value is -3.71. The topological polar surface area (TPSA) is 125 Å². The molecule has 9 nitrogen and oxygen atoms in total. The third-order valence-corrected chi connectivity index (χ3v) is 10.6. The summed E-state index contributed by atoms with van der Waals surface area (Å²) in [4.78, 5) is 17.9. The molecule has 0 spiro atoms. The highest BCUT2D eigenvalue weighted by molar-refractivity contribution is 9.10. The van der Waals surface area contributed by atoms with Crippen molar-refractivity contribution in [2.45, 2.75) is 16.2 Å². The van der Waals surface area contributed by atoms with Gasteiger partial charge >= 0.3 is 0 Å². The van der Waals surface area contributed by atoms with Crippen LogP contribution in [-0.2, 0) is 26.5 Å². The maximum absolute atomic E-state index is 13.6. The standard InChI is InChI=1S/C28H20BrClN4O5S2/c29-19-8-10-23(22(16-19)27-31-24-6-1-2-7-26(24)40(36,37)33-27)32-28(35)18-4-3-5-21(15-18)41(38,39)34-13-12-17-14-20(30)9-11-25(17)34/h1-11,14-16H,12-13H2,(H,31,33)(H,32,35). The Labute approximate surface area is 250 Å². The van der Waals surface area contributed by atoms with Crippen molar-refractivity contribution >= 4 is 76.4 Å². The maximum atomic E-state index is 13.6. The molecule has 0 aromatic heterocycles. The van der Waals surface area contributed by atoms with E-state index in [1.54, 1.807) is 54.6 Å². The molecule has 6 rings (SSSR count). The fourth-order valence-electron chi connectivity index (χ4n) is 4.75. The van der Waals surface area contributed by atoms with Crippen molar-refractivity contribution in [3.05, 3.63) is 111 Å². The first-order valence-corrected chi connectivity index (χ1v) is 16.4. The van der Waals surface area contributed by atoms with Gasteiger partial charge in [0.25, 0.3) is 26.0 Å². The van der Waals surface area contributed by atoms with Crippen LogP contribution in [0.5, 0.6) is 0 Å². The molecular formula is C28H20BrClN4O5S2. The van der Waals surface area contributed by atoms with E-state index in [4.69, 9.17) is 11.6 Å². The molecule has 1 amide bonds. The molecule has 13 heteroatoms. The fraction of sp³-hybridized carbons (Fsp3) is 0.0714. The van der Waals surface area contributed by atoms with Crippen molar-refractivity contribution in [3.8, 4) is 0 Å². The molecule has 2 heterocycles. The zero-order valence-electron chi connectivity index (χ0n) is 21.0. The quantitative estimate of drug-likeness (QED) is 0.291. The van der Waals surface area contributed by atoms with Crippen molar-refractivity contribution in [2.75, 3.05) is 16.2 Å². The Morgan fingerprint density at radius 1 is 1.00 bits per heavy atom. The monoisotopic (exact) mass is 670 g/mol. The number of para-hydroxylation sites is 1. The summed E-state index contributed by atoms with van der Waals surface area (Å²) in [7, 11) is -7.85. The van der Waals surface area contributed by atoms with Crippen LogP contribution in [0.25, 0.3) is 0 Å². The number of nitrogens with zero attached hydrogens (tertiary/aromatic N) is 2. The summed E-state index contributed by atoms with van der Waals surface area (Å²) < 4.78 is 57.3. The number of halogens is 2. The first kappa shape index (κ1) is 27.5. The molecule has 2 aliphatic heterocycles. The zero-order chi connectivity index (χ0) is 28.9. The highest BCUT2D eigenvalue weighted by Gasteiger charge is 2.32. The molecule has 4 aromatic carbocycles. The lowest BCUT2D eigenvalue weighted by molar-refractivity contribution is 0.102. The smallest absolute Gasteiger partial charge is 0.265 e. The lowest BCUT2D eigenvalue weighted by Crippen LogP contribution is -2.34. The summed E-state index contributed by atoms with van der Waals surface area (Å²) in [5.74, 6) is -0.552. The van der Waals surface area contributed by atoms with Crippen molar-refractivity contribution in [1.29, 1.82) is 0 Å². The van der Waals surface area contributed by atoms with Gasteiger partial charge in [-0.25, -0.2) is 21.8 Å². The van der Waals surface area contributed by atoms with E-state index in [0.29, 0.717) is 27.2 Å². The Bertz CT molecular complexity index is 2000. The predicted molar refractivity (Wildman–Crippen MR) is 161 cm³/mol. The summed E-state index contributed by atoms with van der Waals surface area (Å²) >= 11 is 9.46. The van der Waals surface area contributed by atoms with E-state index in [1.807, 2.05) is 0 Å².